The Balaban J connectivity index is 0. The van der Waals surface area contributed by atoms with Crippen LogP contribution >= 0.6 is 23.5 Å². The van der Waals surface area contributed by atoms with Crippen LogP contribution in [0.2, 0.25) is 0 Å². The van der Waals surface area contributed by atoms with Gasteiger partial charge in [0.2, 0.25) is 0 Å². The average molecular weight is 407 g/mol. The molecule has 1 unspecified atom stereocenters. The van der Waals surface area contributed by atoms with Crippen molar-refractivity contribution >= 4 is 34.0 Å². The molecule has 6 heteroatoms. The van der Waals surface area contributed by atoms with Crippen LogP contribution in [0, 0.1) is 0 Å². The SMILES string of the molecule is CCCCC(C)NC(=O)SCCC.CCCCN(CC)C(=O)SCCC. The highest BCUT2D eigenvalue weighted by atomic mass is 32.2. The smallest absolute Gasteiger partial charge is 0.281 e. The standard InChI is InChI=1S/2C10H21NOS/c1-4-6-7-9(3)11-10(12)13-8-5-2;1-4-7-8-11(6-3)10(12)13-9-5-2/h9H,4-8H2,1-3H3,(H,11,12);4-9H2,1-3H3. The number of thioether (sulfide) groups is 2. The second kappa shape index (κ2) is 20.9. The fraction of sp³-hybridized carbons (Fsp3) is 0.900. The van der Waals surface area contributed by atoms with Gasteiger partial charge in [-0.2, -0.15) is 0 Å². The molecule has 156 valence electrons. The highest BCUT2D eigenvalue weighted by Crippen LogP contribution is 2.10. The van der Waals surface area contributed by atoms with E-state index in [0.29, 0.717) is 6.04 Å². The first-order chi connectivity index (χ1) is 12.5. The van der Waals surface area contributed by atoms with Gasteiger partial charge in [-0.05, 0) is 39.5 Å². The Morgan fingerprint density at radius 3 is 1.96 bits per heavy atom. The summed E-state index contributed by atoms with van der Waals surface area (Å²) in [7, 11) is 0. The molecule has 0 aliphatic carbocycles. The summed E-state index contributed by atoms with van der Waals surface area (Å²) in [5.41, 5.74) is 0. The van der Waals surface area contributed by atoms with E-state index in [9.17, 15) is 9.59 Å². The van der Waals surface area contributed by atoms with Gasteiger partial charge in [-0.25, -0.2) is 0 Å². The van der Waals surface area contributed by atoms with Gasteiger partial charge in [0.15, 0.2) is 0 Å². The third-order valence-corrected chi connectivity index (χ3v) is 5.75. The monoisotopic (exact) mass is 406 g/mol. The predicted octanol–water partition coefficient (Wildman–Crippen LogP) is 6.79. The molecule has 0 heterocycles. The Morgan fingerprint density at radius 1 is 0.885 bits per heavy atom. The van der Waals surface area contributed by atoms with Crippen LogP contribution in [0.1, 0.15) is 86.5 Å². The second-order valence-electron chi connectivity index (χ2n) is 6.37. The number of hydrogen-bond acceptors (Lipinski definition) is 4. The molecule has 0 aromatic heterocycles. The maximum absolute atomic E-state index is 11.5. The van der Waals surface area contributed by atoms with Crippen molar-refractivity contribution in [2.75, 3.05) is 24.6 Å². The Labute approximate surface area is 171 Å². The molecule has 0 saturated carbocycles. The normalized spacial score (nSPS) is 11.3. The minimum atomic E-state index is 0.130. The van der Waals surface area contributed by atoms with E-state index in [4.69, 9.17) is 0 Å². The first-order valence-corrected chi connectivity index (χ1v) is 12.3. The van der Waals surface area contributed by atoms with E-state index < -0.39 is 0 Å². The minimum Gasteiger partial charge on any atom is -0.345 e. The fourth-order valence-electron chi connectivity index (χ4n) is 2.03. The van der Waals surface area contributed by atoms with Crippen LogP contribution in [0.25, 0.3) is 0 Å². The molecule has 0 bridgehead atoms. The van der Waals surface area contributed by atoms with E-state index in [2.05, 4.69) is 39.9 Å². The quantitative estimate of drug-likeness (QED) is 0.387. The zero-order chi connectivity index (χ0) is 20.2. The summed E-state index contributed by atoms with van der Waals surface area (Å²) >= 11 is 2.83. The van der Waals surface area contributed by atoms with Gasteiger partial charge in [0.1, 0.15) is 0 Å². The van der Waals surface area contributed by atoms with Crippen molar-refractivity contribution in [1.29, 1.82) is 0 Å². The number of carbonyl (C=O) groups excluding carboxylic acids is 2. The zero-order valence-corrected chi connectivity index (χ0v) is 19.6. The van der Waals surface area contributed by atoms with Crippen molar-refractivity contribution in [2.45, 2.75) is 92.5 Å². The largest absolute Gasteiger partial charge is 0.345 e. The third-order valence-electron chi connectivity index (χ3n) is 3.64. The van der Waals surface area contributed by atoms with Crippen molar-refractivity contribution in [3.8, 4) is 0 Å². The molecule has 0 aromatic rings. The third kappa shape index (κ3) is 18.4. The molecule has 0 saturated heterocycles. The number of unbranched alkanes of at least 4 members (excludes halogenated alkanes) is 2. The molecule has 0 aromatic carbocycles. The number of amides is 2. The Morgan fingerprint density at radius 2 is 1.46 bits per heavy atom. The van der Waals surface area contributed by atoms with Crippen LogP contribution in [0.5, 0.6) is 0 Å². The Bertz CT molecular complexity index is 342. The van der Waals surface area contributed by atoms with Gasteiger partial charge >= 0.3 is 0 Å². The van der Waals surface area contributed by atoms with E-state index in [1.54, 1.807) is 0 Å². The van der Waals surface area contributed by atoms with Crippen LogP contribution in [0.4, 0.5) is 9.59 Å². The molecular formula is C20H42N2O2S2. The van der Waals surface area contributed by atoms with Gasteiger partial charge in [0, 0.05) is 30.6 Å². The van der Waals surface area contributed by atoms with E-state index in [1.165, 1.54) is 36.4 Å². The molecule has 1 atom stereocenters. The topological polar surface area (TPSA) is 49.4 Å². The van der Waals surface area contributed by atoms with Crippen LogP contribution in [0.15, 0.2) is 0 Å². The molecule has 0 fully saturated rings. The number of nitrogens with one attached hydrogen (secondary N) is 1. The molecule has 0 radical (unpaired) electrons. The maximum atomic E-state index is 11.5. The van der Waals surface area contributed by atoms with E-state index in [-0.39, 0.29) is 10.5 Å². The number of nitrogens with zero attached hydrogens (tertiary/aromatic N) is 1. The van der Waals surface area contributed by atoms with Gasteiger partial charge in [-0.1, -0.05) is 70.5 Å². The lowest BCUT2D eigenvalue weighted by atomic mass is 10.1. The van der Waals surface area contributed by atoms with Crippen LogP contribution in [-0.4, -0.2) is 46.0 Å². The molecule has 0 spiro atoms. The number of hydrogen-bond donors (Lipinski definition) is 1. The fourth-order valence-corrected chi connectivity index (χ4v) is 3.48. The lowest BCUT2D eigenvalue weighted by Crippen LogP contribution is -2.29. The summed E-state index contributed by atoms with van der Waals surface area (Å²) in [4.78, 5) is 24.7. The van der Waals surface area contributed by atoms with E-state index >= 15 is 0 Å². The first kappa shape index (κ1) is 27.9. The van der Waals surface area contributed by atoms with Gasteiger partial charge in [0.05, 0.1) is 0 Å². The van der Waals surface area contributed by atoms with Crippen LogP contribution in [0.3, 0.4) is 0 Å². The molecule has 1 N–H and O–H groups in total. The van der Waals surface area contributed by atoms with Gasteiger partial charge in [-0.15, -0.1) is 0 Å². The number of carbonyl (C=O) groups is 2. The van der Waals surface area contributed by atoms with Crippen molar-refractivity contribution in [1.82, 2.24) is 10.2 Å². The molecule has 0 rings (SSSR count). The molecule has 4 nitrogen and oxygen atoms in total. The summed E-state index contributed by atoms with van der Waals surface area (Å²) in [6, 6.07) is 0.330. The molecule has 2 amide bonds. The van der Waals surface area contributed by atoms with Crippen molar-refractivity contribution in [2.24, 2.45) is 0 Å². The highest BCUT2D eigenvalue weighted by Gasteiger charge is 2.10. The summed E-state index contributed by atoms with van der Waals surface area (Å²) in [6.45, 7) is 14.4. The summed E-state index contributed by atoms with van der Waals surface area (Å²) in [5, 5.41) is 3.35. The number of rotatable bonds is 12. The zero-order valence-electron chi connectivity index (χ0n) is 17.9. The van der Waals surface area contributed by atoms with Gasteiger partial charge in [-0.3, -0.25) is 9.59 Å². The first-order valence-electron chi connectivity index (χ1n) is 10.3. The second-order valence-corrected chi connectivity index (χ2v) is 8.49. The van der Waals surface area contributed by atoms with Crippen molar-refractivity contribution in [3.05, 3.63) is 0 Å². The minimum absolute atomic E-state index is 0.130. The predicted molar refractivity (Wildman–Crippen MR) is 121 cm³/mol. The van der Waals surface area contributed by atoms with Crippen molar-refractivity contribution < 1.29 is 9.59 Å². The van der Waals surface area contributed by atoms with E-state index in [0.717, 1.165) is 56.7 Å². The Hall–Kier alpha value is -0.360. The molecule has 26 heavy (non-hydrogen) atoms. The lowest BCUT2D eigenvalue weighted by Gasteiger charge is -2.19. The summed E-state index contributed by atoms with van der Waals surface area (Å²) in [6.07, 6.45) is 7.88. The van der Waals surface area contributed by atoms with Gasteiger partial charge in [0.25, 0.3) is 10.5 Å². The average Bonchev–Trinajstić information content (AvgIpc) is 2.64. The summed E-state index contributed by atoms with van der Waals surface area (Å²) in [5.74, 6) is 1.87. The highest BCUT2D eigenvalue weighted by molar-refractivity contribution is 8.13. The van der Waals surface area contributed by atoms with E-state index in [1.807, 2.05) is 11.8 Å². The molecular weight excluding hydrogens is 364 g/mol. The summed E-state index contributed by atoms with van der Waals surface area (Å²) < 4.78 is 0. The van der Waals surface area contributed by atoms with Crippen molar-refractivity contribution in [3.63, 3.8) is 0 Å². The van der Waals surface area contributed by atoms with Gasteiger partial charge < -0.3 is 10.2 Å². The molecule has 0 aliphatic heterocycles. The Kier molecular flexibility index (Phi) is 22.4. The maximum Gasteiger partial charge on any atom is 0.281 e. The van der Waals surface area contributed by atoms with Crippen LogP contribution < -0.4 is 5.32 Å². The molecule has 0 aliphatic rings. The lowest BCUT2D eigenvalue weighted by molar-refractivity contribution is 0.225. The van der Waals surface area contributed by atoms with Crippen LogP contribution in [-0.2, 0) is 0 Å².